The molecule has 1 N–H and O–H groups in total. The fourth-order valence-electron chi connectivity index (χ4n) is 1.12. The molecule has 0 aliphatic heterocycles. The first-order chi connectivity index (χ1) is 5.52. The zero-order chi connectivity index (χ0) is 9.30. The lowest BCUT2D eigenvalue weighted by Gasteiger charge is -2.10. The maximum atomic E-state index is 9.45. The van der Waals surface area contributed by atoms with Gasteiger partial charge >= 0.3 is 0 Å². The third-order valence-corrected chi connectivity index (χ3v) is 2.62. The van der Waals surface area contributed by atoms with E-state index in [-0.39, 0.29) is 0 Å². The van der Waals surface area contributed by atoms with Gasteiger partial charge in [-0.2, -0.15) is 0 Å². The average Bonchev–Trinajstić information content (AvgIpc) is 1.96. The first kappa shape index (κ1) is 9.59. The second kappa shape index (κ2) is 3.48. The Hall–Kier alpha value is -0.500. The van der Waals surface area contributed by atoms with E-state index in [1.165, 1.54) is 0 Å². The lowest BCUT2D eigenvalue weighted by Crippen LogP contribution is -1.89. The molecule has 0 radical (unpaired) electrons. The maximum absolute atomic E-state index is 9.45. The summed E-state index contributed by atoms with van der Waals surface area (Å²) < 4.78 is 1.08. The van der Waals surface area contributed by atoms with E-state index in [4.69, 9.17) is 0 Å². The molecule has 0 bridgehead atoms. The number of aromatic hydroxyl groups is 1. The van der Waals surface area contributed by atoms with Crippen molar-refractivity contribution in [1.82, 2.24) is 0 Å². The van der Waals surface area contributed by atoms with Crippen LogP contribution in [0.3, 0.4) is 0 Å². The molecule has 1 aromatic carbocycles. The highest BCUT2D eigenvalue weighted by atomic mass is 79.9. The molecule has 66 valence electrons. The number of hydrogen-bond acceptors (Lipinski definition) is 1. The second-order valence-corrected chi connectivity index (χ2v) is 4.17. The summed E-state index contributed by atoms with van der Waals surface area (Å²) in [5.41, 5.74) is 2.06. The molecule has 0 aliphatic carbocycles. The largest absolute Gasteiger partial charge is 0.508 e. The van der Waals surface area contributed by atoms with Gasteiger partial charge in [-0.3, -0.25) is 0 Å². The van der Waals surface area contributed by atoms with Crippen molar-refractivity contribution in [3.05, 3.63) is 27.7 Å². The van der Waals surface area contributed by atoms with Crippen LogP contribution in [0.4, 0.5) is 0 Å². The minimum atomic E-state index is 0.377. The number of phenolic OH excluding ortho intramolecular Hbond substituents is 1. The maximum Gasteiger partial charge on any atom is 0.118 e. The van der Waals surface area contributed by atoms with Gasteiger partial charge in [0.15, 0.2) is 0 Å². The van der Waals surface area contributed by atoms with Gasteiger partial charge in [0.2, 0.25) is 0 Å². The molecule has 1 nitrogen and oxygen atoms in total. The smallest absolute Gasteiger partial charge is 0.118 e. The highest BCUT2D eigenvalue weighted by Gasteiger charge is 2.07. The van der Waals surface area contributed by atoms with E-state index < -0.39 is 0 Å². The normalized spacial score (nSPS) is 10.8. The number of phenols is 1. The van der Waals surface area contributed by atoms with Crippen LogP contribution in [-0.2, 0) is 0 Å². The first-order valence-corrected chi connectivity index (χ1v) is 4.80. The SMILES string of the molecule is Cc1cc(Br)c(C(C)C)cc1O. The molecule has 0 saturated carbocycles. The molecule has 0 aromatic heterocycles. The van der Waals surface area contributed by atoms with E-state index in [9.17, 15) is 5.11 Å². The summed E-state index contributed by atoms with van der Waals surface area (Å²) >= 11 is 3.47. The molecule has 0 amide bonds. The fourth-order valence-corrected chi connectivity index (χ4v) is 2.04. The van der Waals surface area contributed by atoms with Gasteiger partial charge in [-0.15, -0.1) is 0 Å². The van der Waals surface area contributed by atoms with Crippen molar-refractivity contribution in [2.24, 2.45) is 0 Å². The van der Waals surface area contributed by atoms with Crippen LogP contribution in [0.15, 0.2) is 16.6 Å². The van der Waals surface area contributed by atoms with Crippen LogP contribution < -0.4 is 0 Å². The fraction of sp³-hybridized carbons (Fsp3) is 0.400. The molecular formula is C10H13BrO. The quantitative estimate of drug-likeness (QED) is 0.780. The molecule has 1 aromatic rings. The van der Waals surface area contributed by atoms with E-state index >= 15 is 0 Å². The predicted molar refractivity (Wildman–Crippen MR) is 54.6 cm³/mol. The molecule has 2 heteroatoms. The molecule has 12 heavy (non-hydrogen) atoms. The van der Waals surface area contributed by atoms with Gasteiger partial charge in [0, 0.05) is 4.47 Å². The lowest BCUT2D eigenvalue weighted by atomic mass is 10.0. The van der Waals surface area contributed by atoms with Crippen LogP contribution in [-0.4, -0.2) is 5.11 Å². The van der Waals surface area contributed by atoms with Gasteiger partial charge in [0.05, 0.1) is 0 Å². The molecule has 0 heterocycles. The van der Waals surface area contributed by atoms with Gasteiger partial charge in [0.1, 0.15) is 5.75 Å². The van der Waals surface area contributed by atoms with Crippen molar-refractivity contribution in [1.29, 1.82) is 0 Å². The third kappa shape index (κ3) is 1.81. The van der Waals surface area contributed by atoms with Gasteiger partial charge in [-0.05, 0) is 36.1 Å². The first-order valence-electron chi connectivity index (χ1n) is 4.01. The van der Waals surface area contributed by atoms with Crippen LogP contribution in [0.2, 0.25) is 0 Å². The number of rotatable bonds is 1. The zero-order valence-electron chi connectivity index (χ0n) is 7.56. The van der Waals surface area contributed by atoms with Gasteiger partial charge in [-0.1, -0.05) is 29.8 Å². The lowest BCUT2D eigenvalue weighted by molar-refractivity contribution is 0.469. The highest BCUT2D eigenvalue weighted by Crippen LogP contribution is 2.30. The summed E-state index contributed by atoms with van der Waals surface area (Å²) in [6.07, 6.45) is 0. The molecule has 0 saturated heterocycles. The van der Waals surface area contributed by atoms with E-state index in [1.807, 2.05) is 19.1 Å². The minimum absolute atomic E-state index is 0.377. The van der Waals surface area contributed by atoms with Crippen molar-refractivity contribution in [2.45, 2.75) is 26.7 Å². The van der Waals surface area contributed by atoms with Gasteiger partial charge < -0.3 is 5.11 Å². The van der Waals surface area contributed by atoms with Crippen molar-refractivity contribution >= 4 is 15.9 Å². The Morgan fingerprint density at radius 3 is 2.42 bits per heavy atom. The molecule has 0 spiro atoms. The van der Waals surface area contributed by atoms with E-state index in [2.05, 4.69) is 29.8 Å². The summed E-state index contributed by atoms with van der Waals surface area (Å²) in [7, 11) is 0. The molecule has 1 rings (SSSR count). The Morgan fingerprint density at radius 2 is 1.92 bits per heavy atom. The minimum Gasteiger partial charge on any atom is -0.508 e. The molecule has 0 fully saturated rings. The van der Waals surface area contributed by atoms with Gasteiger partial charge in [0.25, 0.3) is 0 Å². The van der Waals surface area contributed by atoms with Crippen molar-refractivity contribution < 1.29 is 5.11 Å². The van der Waals surface area contributed by atoms with Crippen molar-refractivity contribution in [3.63, 3.8) is 0 Å². The summed E-state index contributed by atoms with van der Waals surface area (Å²) in [6.45, 7) is 6.11. The monoisotopic (exact) mass is 228 g/mol. The summed E-state index contributed by atoms with van der Waals surface area (Å²) in [5, 5.41) is 9.45. The summed E-state index contributed by atoms with van der Waals surface area (Å²) in [5.74, 6) is 0.813. The molecule has 0 aliphatic rings. The third-order valence-electron chi connectivity index (χ3n) is 1.94. The molecule has 0 atom stereocenters. The zero-order valence-corrected chi connectivity index (χ0v) is 9.14. The summed E-state index contributed by atoms with van der Waals surface area (Å²) in [4.78, 5) is 0. The molecular weight excluding hydrogens is 216 g/mol. The Morgan fingerprint density at radius 1 is 1.33 bits per heavy atom. The van der Waals surface area contributed by atoms with Crippen molar-refractivity contribution in [2.75, 3.05) is 0 Å². The number of aryl methyl sites for hydroxylation is 1. The van der Waals surface area contributed by atoms with Crippen molar-refractivity contribution in [3.8, 4) is 5.75 Å². The van der Waals surface area contributed by atoms with Crippen LogP contribution >= 0.6 is 15.9 Å². The standard InChI is InChI=1S/C10H13BrO/c1-6(2)8-5-10(12)7(3)4-9(8)11/h4-6,12H,1-3H3. The average molecular weight is 229 g/mol. The highest BCUT2D eigenvalue weighted by molar-refractivity contribution is 9.10. The Labute approximate surface area is 81.6 Å². The summed E-state index contributed by atoms with van der Waals surface area (Å²) in [6, 6.07) is 3.77. The Bertz CT molecular complexity index is 292. The van der Waals surface area contributed by atoms with E-state index in [1.54, 1.807) is 0 Å². The Balaban J connectivity index is 3.23. The van der Waals surface area contributed by atoms with Gasteiger partial charge in [-0.25, -0.2) is 0 Å². The topological polar surface area (TPSA) is 20.2 Å². The van der Waals surface area contributed by atoms with E-state index in [0.29, 0.717) is 11.7 Å². The molecule has 0 unspecified atom stereocenters. The Kier molecular flexibility index (Phi) is 2.78. The predicted octanol–water partition coefficient (Wildman–Crippen LogP) is 3.59. The number of halogens is 1. The van der Waals surface area contributed by atoms with Crippen LogP contribution in [0, 0.1) is 6.92 Å². The second-order valence-electron chi connectivity index (χ2n) is 3.31. The number of benzene rings is 1. The number of hydrogen-bond donors (Lipinski definition) is 1. The van der Waals surface area contributed by atoms with E-state index in [0.717, 1.165) is 15.6 Å². The van der Waals surface area contributed by atoms with Crippen LogP contribution in [0.25, 0.3) is 0 Å². The van der Waals surface area contributed by atoms with Crippen LogP contribution in [0.1, 0.15) is 30.9 Å². The van der Waals surface area contributed by atoms with Crippen LogP contribution in [0.5, 0.6) is 5.75 Å².